The summed E-state index contributed by atoms with van der Waals surface area (Å²) < 4.78 is 12.7. The number of H-pyrrole nitrogens is 1. The van der Waals surface area contributed by atoms with Crippen LogP contribution in [0.25, 0.3) is 0 Å². The van der Waals surface area contributed by atoms with E-state index in [9.17, 15) is 20.4 Å². The molecule has 4 bridgehead atoms. The number of nitrogens with zero attached hydrogens (tertiary/aromatic N) is 1. The molecule has 4 saturated carbocycles. The second kappa shape index (κ2) is 23.6. The van der Waals surface area contributed by atoms with Crippen LogP contribution in [0.15, 0.2) is 39.7 Å². The van der Waals surface area contributed by atoms with E-state index in [1.807, 2.05) is 46.7 Å². The van der Waals surface area contributed by atoms with Gasteiger partial charge in [0.1, 0.15) is 24.2 Å². The molecule has 13 unspecified atom stereocenters. The number of benzene rings is 1. The number of aromatic nitrogens is 1. The normalized spacial score (nSPS) is 32.0. The Morgan fingerprint density at radius 2 is 1.77 bits per heavy atom. The van der Waals surface area contributed by atoms with Crippen LogP contribution in [0.2, 0.25) is 0 Å². The van der Waals surface area contributed by atoms with E-state index >= 15 is 0 Å². The molecule has 5 aliphatic carbocycles. The SMILES string of the molecule is CN=C(N)NC1CSSCC2C(N)CC3CC(CCc4oc(CCc5ccc(O)c(OCC(O)c6cc7c([nH]6)CC6(CCCC6)C6CCCC6C7CNCC(C)O)c5)cc4CO)CCC2C3CCC1C. The van der Waals surface area contributed by atoms with Gasteiger partial charge in [-0.2, -0.15) is 0 Å². The second-order valence-electron chi connectivity index (χ2n) is 23.0. The largest absolute Gasteiger partial charge is 0.504 e. The molecule has 2 aromatic heterocycles. The standard InChI is InChI=1S/C56H86N6O6S2/c1-33-9-15-40-37-21-35(11-16-41(40)45(47(57)24-37)31-69-70-32-50(33)62-55(58)59-3)13-18-53-38(29-63)23-39(68-53)14-10-36-12-17-51(65)54(22-36)67-30-52(66)48-25-43-44(28-60-27-34(2)64)42-7-6-8-46(42)56(19-4-5-20-56)26-49(43)61-48/h12,17,22-23,25,33-35,37,40-42,44-47,50,52,60-61,63-66H,4-11,13-16,18-21,24,26-32,57H2,1-3H3,(H3,58,59,62). The summed E-state index contributed by atoms with van der Waals surface area (Å²) in [7, 11) is 5.71. The molecule has 1 aromatic carbocycles. The predicted molar refractivity (Wildman–Crippen MR) is 284 cm³/mol. The number of fused-ring (bicyclic) bond motifs is 3. The van der Waals surface area contributed by atoms with Crippen molar-refractivity contribution < 1.29 is 29.6 Å². The van der Waals surface area contributed by atoms with Gasteiger partial charge in [-0.25, -0.2) is 0 Å². The minimum atomic E-state index is -0.888. The molecule has 1 aliphatic heterocycles. The number of aliphatic hydroxyl groups is 3. The number of nitrogens with one attached hydrogen (secondary N) is 3. The summed E-state index contributed by atoms with van der Waals surface area (Å²) in [5.41, 5.74) is 18.7. The van der Waals surface area contributed by atoms with Crippen molar-refractivity contribution in [3.05, 3.63) is 69.9 Å². The van der Waals surface area contributed by atoms with Gasteiger partial charge >= 0.3 is 0 Å². The molecular weight excluding hydrogens is 917 g/mol. The Kier molecular flexibility index (Phi) is 17.5. The maximum atomic E-state index is 11.6. The number of aliphatic hydroxyl groups excluding tert-OH is 3. The topological polar surface area (TPSA) is 208 Å². The number of ether oxygens (including phenoxy) is 1. The Morgan fingerprint density at radius 1 is 0.957 bits per heavy atom. The summed E-state index contributed by atoms with van der Waals surface area (Å²) in [5.74, 6) is 10.2. The van der Waals surface area contributed by atoms with Crippen LogP contribution in [0.1, 0.15) is 155 Å². The number of furan rings is 1. The minimum Gasteiger partial charge on any atom is -0.504 e. The number of aliphatic imine (C=N–C) groups is 1. The molecule has 1 saturated heterocycles. The van der Waals surface area contributed by atoms with Gasteiger partial charge < -0.3 is 56.7 Å². The van der Waals surface area contributed by atoms with E-state index in [0.717, 1.165) is 78.0 Å². The number of aryl methyl sites for hydroxylation is 3. The summed E-state index contributed by atoms with van der Waals surface area (Å²) in [6.07, 6.45) is 19.2. The van der Waals surface area contributed by atoms with E-state index in [1.54, 1.807) is 13.1 Å². The molecule has 1 spiro atoms. The number of phenolic OH excluding ortho intramolecular Hbond substituents is 1. The van der Waals surface area contributed by atoms with Gasteiger partial charge in [-0.1, -0.05) is 60.3 Å². The number of guanidine groups is 1. The van der Waals surface area contributed by atoms with Crippen molar-refractivity contribution in [2.45, 2.75) is 166 Å². The molecule has 12 nitrogen and oxygen atoms in total. The van der Waals surface area contributed by atoms with Crippen molar-refractivity contribution in [1.29, 1.82) is 0 Å². The van der Waals surface area contributed by atoms with Crippen molar-refractivity contribution in [3.63, 3.8) is 0 Å². The van der Waals surface area contributed by atoms with E-state index in [1.165, 1.54) is 88.3 Å². The Balaban J connectivity index is 0.805. The van der Waals surface area contributed by atoms with Gasteiger partial charge in [0.05, 0.1) is 12.7 Å². The van der Waals surface area contributed by atoms with Crippen LogP contribution in [0.4, 0.5) is 0 Å². The minimum absolute atomic E-state index is 0.0110. The summed E-state index contributed by atoms with van der Waals surface area (Å²) >= 11 is 0. The number of hydrogen-bond donors (Lipinski definition) is 9. The highest BCUT2D eigenvalue weighted by Gasteiger charge is 2.52. The average molecular weight is 1000 g/mol. The molecule has 6 aliphatic rings. The van der Waals surface area contributed by atoms with Crippen LogP contribution < -0.4 is 26.8 Å². The van der Waals surface area contributed by atoms with Crippen LogP contribution in [-0.2, 0) is 32.3 Å². The Hall–Kier alpha value is -2.85. The summed E-state index contributed by atoms with van der Waals surface area (Å²) in [4.78, 5) is 7.90. The Labute approximate surface area is 425 Å². The molecular formula is C56H86N6O6S2. The monoisotopic (exact) mass is 1000 g/mol. The van der Waals surface area contributed by atoms with Gasteiger partial charge in [-0.15, -0.1) is 0 Å². The Bertz CT molecular complexity index is 2190. The molecule has 3 aromatic rings. The van der Waals surface area contributed by atoms with E-state index < -0.39 is 12.2 Å². The fraction of sp³-hybridized carbons (Fsp3) is 0.732. The highest BCUT2D eigenvalue weighted by Crippen LogP contribution is 2.60. The first-order valence-corrected chi connectivity index (χ1v) is 29.8. The first-order chi connectivity index (χ1) is 33.9. The molecule has 0 amide bonds. The van der Waals surface area contributed by atoms with E-state index in [2.05, 4.69) is 33.6 Å². The van der Waals surface area contributed by atoms with Gasteiger partial charge in [-0.05, 0) is 172 Å². The van der Waals surface area contributed by atoms with Gasteiger partial charge in [0.2, 0.25) is 0 Å². The lowest BCUT2D eigenvalue weighted by atomic mass is 9.62. The number of aromatic amines is 1. The molecule has 5 fully saturated rings. The number of phenols is 1. The van der Waals surface area contributed by atoms with E-state index in [-0.39, 0.29) is 25.0 Å². The Morgan fingerprint density at radius 3 is 2.57 bits per heavy atom. The lowest BCUT2D eigenvalue weighted by Crippen LogP contribution is -2.48. The smallest absolute Gasteiger partial charge is 0.188 e. The van der Waals surface area contributed by atoms with Crippen LogP contribution in [0.5, 0.6) is 11.5 Å². The molecule has 11 N–H and O–H groups in total. The maximum absolute atomic E-state index is 11.6. The zero-order chi connectivity index (χ0) is 48.9. The lowest BCUT2D eigenvalue weighted by Gasteiger charge is -2.46. The number of rotatable bonds is 16. The molecule has 3 heterocycles. The summed E-state index contributed by atoms with van der Waals surface area (Å²) in [6.45, 7) is 5.57. The quantitative estimate of drug-likeness (QED) is 0.0375. The average Bonchev–Trinajstić information content (AvgIpc) is 4.17. The molecule has 0 radical (unpaired) electrons. The van der Waals surface area contributed by atoms with E-state index in [0.29, 0.717) is 89.9 Å². The zero-order valence-corrected chi connectivity index (χ0v) is 44.0. The number of aromatic hydroxyl groups is 1. The molecule has 14 heteroatoms. The first kappa shape index (κ1) is 52.0. The maximum Gasteiger partial charge on any atom is 0.188 e. The van der Waals surface area contributed by atoms with Gasteiger partial charge in [0.15, 0.2) is 17.5 Å². The van der Waals surface area contributed by atoms with Gasteiger partial charge in [-0.3, -0.25) is 4.99 Å². The number of nitrogens with two attached hydrogens (primary N) is 2. The third kappa shape index (κ3) is 11.9. The van der Waals surface area contributed by atoms with Crippen molar-refractivity contribution in [2.24, 2.45) is 69.2 Å². The van der Waals surface area contributed by atoms with Crippen LogP contribution in [-0.4, -0.2) is 87.8 Å². The fourth-order valence-electron chi connectivity index (χ4n) is 15.0. The first-order valence-electron chi connectivity index (χ1n) is 27.3. The van der Waals surface area contributed by atoms with Gasteiger partial charge in [0, 0.05) is 79.4 Å². The third-order valence-electron chi connectivity index (χ3n) is 18.7. The third-order valence-corrected chi connectivity index (χ3v) is 21.2. The van der Waals surface area contributed by atoms with Crippen LogP contribution in [0.3, 0.4) is 0 Å². The van der Waals surface area contributed by atoms with Crippen molar-refractivity contribution in [3.8, 4) is 11.5 Å². The molecule has 388 valence electrons. The molecule has 9 rings (SSSR count). The predicted octanol–water partition coefficient (Wildman–Crippen LogP) is 8.93. The van der Waals surface area contributed by atoms with Gasteiger partial charge in [0.25, 0.3) is 0 Å². The van der Waals surface area contributed by atoms with E-state index in [4.69, 9.17) is 20.6 Å². The molecule has 13 atom stereocenters. The fourth-order valence-corrected chi connectivity index (χ4v) is 17.9. The number of hydrogen-bond acceptors (Lipinski definition) is 11. The molecule has 70 heavy (non-hydrogen) atoms. The van der Waals surface area contributed by atoms with Crippen molar-refractivity contribution in [1.82, 2.24) is 15.6 Å². The summed E-state index contributed by atoms with van der Waals surface area (Å²) in [5, 5.41) is 50.1. The van der Waals surface area contributed by atoms with Crippen molar-refractivity contribution in [2.75, 3.05) is 38.2 Å². The lowest BCUT2D eigenvalue weighted by molar-refractivity contribution is 0.0714. The highest BCUT2D eigenvalue weighted by molar-refractivity contribution is 8.76. The van der Waals surface area contributed by atoms with Crippen molar-refractivity contribution >= 4 is 27.5 Å². The van der Waals surface area contributed by atoms with Crippen LogP contribution in [0, 0.1) is 52.8 Å². The van der Waals surface area contributed by atoms with Crippen LogP contribution >= 0.6 is 21.6 Å². The second-order valence-corrected chi connectivity index (χ2v) is 25.6. The summed E-state index contributed by atoms with van der Waals surface area (Å²) in [6, 6.07) is 10.3. The zero-order valence-electron chi connectivity index (χ0n) is 42.4. The highest BCUT2D eigenvalue weighted by atomic mass is 33.1.